The summed E-state index contributed by atoms with van der Waals surface area (Å²) in [7, 11) is 0. The van der Waals surface area contributed by atoms with Gasteiger partial charge in [-0.1, -0.05) is 40.2 Å². The molecule has 0 saturated carbocycles. The van der Waals surface area contributed by atoms with Crippen molar-refractivity contribution in [3.8, 4) is 11.3 Å². The van der Waals surface area contributed by atoms with E-state index in [0.717, 1.165) is 22.2 Å². The first-order valence-corrected chi connectivity index (χ1v) is 8.12. The molecule has 25 heavy (non-hydrogen) atoms. The van der Waals surface area contributed by atoms with E-state index in [0.29, 0.717) is 11.3 Å². The second-order valence-electron chi connectivity index (χ2n) is 5.42. The maximum atomic E-state index is 12.6. The van der Waals surface area contributed by atoms with Crippen molar-refractivity contribution in [1.82, 2.24) is 9.78 Å². The summed E-state index contributed by atoms with van der Waals surface area (Å²) in [5.74, 6) is 0. The molecule has 0 aliphatic heterocycles. The first-order chi connectivity index (χ1) is 11.8. The first-order valence-electron chi connectivity index (χ1n) is 7.33. The van der Waals surface area contributed by atoms with Crippen LogP contribution in [0.3, 0.4) is 0 Å². The minimum absolute atomic E-state index is 0.0960. The van der Waals surface area contributed by atoms with E-state index < -0.39 is 11.7 Å². The molecule has 3 aromatic rings. The molecule has 0 N–H and O–H groups in total. The highest BCUT2D eigenvalue weighted by Gasteiger charge is 2.29. The molecule has 0 unspecified atom stereocenters. The minimum Gasteiger partial charge on any atom is -0.268 e. The van der Waals surface area contributed by atoms with Gasteiger partial charge in [0.05, 0.1) is 17.8 Å². The lowest BCUT2D eigenvalue weighted by Gasteiger charge is -2.10. The Morgan fingerprint density at radius 3 is 2.36 bits per heavy atom. The molecule has 3 rings (SSSR count). The second-order valence-corrected chi connectivity index (χ2v) is 6.34. The number of benzene rings is 2. The monoisotopic (exact) mass is 408 g/mol. The van der Waals surface area contributed by atoms with E-state index in [1.807, 2.05) is 24.3 Å². The summed E-state index contributed by atoms with van der Waals surface area (Å²) in [5.41, 5.74) is 0.954. The maximum Gasteiger partial charge on any atom is 0.416 e. The summed E-state index contributed by atoms with van der Waals surface area (Å²) >= 11 is 3.38. The zero-order valence-electron chi connectivity index (χ0n) is 12.8. The largest absolute Gasteiger partial charge is 0.416 e. The standard InChI is InChI=1S/C18H12BrF3N2O/c19-15-3-1-2-13(10-15)16-8-9-17(25)24(23-16)11-12-4-6-14(7-5-12)18(20,21)22/h1-10H,11H2. The van der Waals surface area contributed by atoms with E-state index in [1.54, 1.807) is 6.07 Å². The van der Waals surface area contributed by atoms with Crippen LogP contribution in [0.1, 0.15) is 11.1 Å². The molecule has 1 aromatic heterocycles. The van der Waals surface area contributed by atoms with Crippen molar-refractivity contribution in [2.75, 3.05) is 0 Å². The second kappa shape index (κ2) is 6.84. The Kier molecular flexibility index (Phi) is 4.76. The third-order valence-electron chi connectivity index (χ3n) is 3.60. The van der Waals surface area contributed by atoms with Gasteiger partial charge >= 0.3 is 6.18 Å². The highest BCUT2D eigenvalue weighted by atomic mass is 79.9. The lowest BCUT2D eigenvalue weighted by Crippen LogP contribution is -2.22. The lowest BCUT2D eigenvalue weighted by atomic mass is 10.1. The third kappa shape index (κ3) is 4.17. The average Bonchev–Trinajstić information content (AvgIpc) is 2.56. The summed E-state index contributed by atoms with van der Waals surface area (Å²) in [4.78, 5) is 12.0. The Bertz CT molecular complexity index is 950. The number of hydrogen-bond acceptors (Lipinski definition) is 2. The topological polar surface area (TPSA) is 34.9 Å². The van der Waals surface area contributed by atoms with Gasteiger partial charge in [0.15, 0.2) is 0 Å². The summed E-state index contributed by atoms with van der Waals surface area (Å²) in [6, 6.07) is 15.2. The Labute approximate surface area is 149 Å². The van der Waals surface area contributed by atoms with Crippen molar-refractivity contribution >= 4 is 15.9 Å². The number of aromatic nitrogens is 2. The van der Waals surface area contributed by atoms with Gasteiger partial charge in [-0.2, -0.15) is 18.3 Å². The van der Waals surface area contributed by atoms with Crippen LogP contribution in [0.25, 0.3) is 11.3 Å². The van der Waals surface area contributed by atoms with Crippen molar-refractivity contribution in [3.63, 3.8) is 0 Å². The van der Waals surface area contributed by atoms with E-state index in [4.69, 9.17) is 0 Å². The molecule has 0 bridgehead atoms. The van der Waals surface area contributed by atoms with Crippen molar-refractivity contribution in [2.24, 2.45) is 0 Å². The molecule has 0 fully saturated rings. The molecule has 3 nitrogen and oxygen atoms in total. The van der Waals surface area contributed by atoms with Crippen LogP contribution in [0, 0.1) is 0 Å². The van der Waals surface area contributed by atoms with Crippen LogP contribution in [0.5, 0.6) is 0 Å². The van der Waals surface area contributed by atoms with Crippen molar-refractivity contribution in [1.29, 1.82) is 0 Å². The number of alkyl halides is 3. The zero-order valence-corrected chi connectivity index (χ0v) is 14.4. The highest BCUT2D eigenvalue weighted by molar-refractivity contribution is 9.10. The molecule has 0 spiro atoms. The molecule has 0 amide bonds. The molecular formula is C18H12BrF3N2O. The Hall–Kier alpha value is -2.41. The van der Waals surface area contributed by atoms with Gasteiger partial charge in [-0.05, 0) is 35.9 Å². The van der Waals surface area contributed by atoms with Gasteiger partial charge in [0.2, 0.25) is 0 Å². The molecule has 0 atom stereocenters. The Morgan fingerprint density at radius 2 is 1.72 bits per heavy atom. The fourth-order valence-electron chi connectivity index (χ4n) is 2.34. The summed E-state index contributed by atoms with van der Waals surface area (Å²) < 4.78 is 40.0. The van der Waals surface area contributed by atoms with E-state index in [9.17, 15) is 18.0 Å². The molecule has 7 heteroatoms. The number of nitrogens with zero attached hydrogens (tertiary/aromatic N) is 2. The molecule has 128 valence electrons. The van der Waals surface area contributed by atoms with Crippen LogP contribution in [-0.2, 0) is 12.7 Å². The first kappa shape index (κ1) is 17.4. The van der Waals surface area contributed by atoms with Crippen LogP contribution in [0.4, 0.5) is 13.2 Å². The van der Waals surface area contributed by atoms with Gasteiger partial charge in [0.25, 0.3) is 5.56 Å². The van der Waals surface area contributed by atoms with Crippen LogP contribution in [-0.4, -0.2) is 9.78 Å². The van der Waals surface area contributed by atoms with E-state index >= 15 is 0 Å². The van der Waals surface area contributed by atoms with Crippen LogP contribution >= 0.6 is 15.9 Å². The maximum absolute atomic E-state index is 12.6. The SMILES string of the molecule is O=c1ccc(-c2cccc(Br)c2)nn1Cc1ccc(C(F)(F)F)cc1. The van der Waals surface area contributed by atoms with Crippen LogP contribution in [0.2, 0.25) is 0 Å². The smallest absolute Gasteiger partial charge is 0.268 e. The molecule has 2 aromatic carbocycles. The summed E-state index contributed by atoms with van der Waals surface area (Å²) in [5, 5.41) is 4.31. The third-order valence-corrected chi connectivity index (χ3v) is 4.09. The van der Waals surface area contributed by atoms with E-state index in [1.165, 1.54) is 22.9 Å². The number of halogens is 4. The quantitative estimate of drug-likeness (QED) is 0.627. The Morgan fingerprint density at radius 1 is 1.00 bits per heavy atom. The van der Waals surface area contributed by atoms with Gasteiger partial charge in [-0.3, -0.25) is 4.79 Å². The molecule has 0 aliphatic rings. The predicted octanol–water partition coefficient (Wildman–Crippen LogP) is 4.74. The molecule has 0 saturated heterocycles. The lowest BCUT2D eigenvalue weighted by molar-refractivity contribution is -0.137. The van der Waals surface area contributed by atoms with Gasteiger partial charge in [0, 0.05) is 16.1 Å². The minimum atomic E-state index is -4.38. The van der Waals surface area contributed by atoms with Gasteiger partial charge < -0.3 is 0 Å². The molecule has 1 heterocycles. The Balaban J connectivity index is 1.90. The van der Waals surface area contributed by atoms with Crippen molar-refractivity contribution < 1.29 is 13.2 Å². The van der Waals surface area contributed by atoms with Crippen molar-refractivity contribution in [2.45, 2.75) is 12.7 Å². The van der Waals surface area contributed by atoms with Crippen LogP contribution < -0.4 is 5.56 Å². The normalized spacial score (nSPS) is 11.5. The zero-order chi connectivity index (χ0) is 18.0. The fourth-order valence-corrected chi connectivity index (χ4v) is 2.74. The van der Waals surface area contributed by atoms with Crippen molar-refractivity contribution in [3.05, 3.63) is 86.6 Å². The van der Waals surface area contributed by atoms with E-state index in [2.05, 4.69) is 21.0 Å². The average molecular weight is 409 g/mol. The van der Waals surface area contributed by atoms with Gasteiger partial charge in [-0.25, -0.2) is 4.68 Å². The molecule has 0 aliphatic carbocycles. The summed E-state index contributed by atoms with van der Waals surface area (Å²) in [6.07, 6.45) is -4.38. The van der Waals surface area contributed by atoms with Crippen LogP contribution in [0.15, 0.2) is 69.9 Å². The van der Waals surface area contributed by atoms with E-state index in [-0.39, 0.29) is 12.1 Å². The molecule has 0 radical (unpaired) electrons. The summed E-state index contributed by atoms with van der Waals surface area (Å²) in [6.45, 7) is 0.0960. The number of rotatable bonds is 3. The fraction of sp³-hybridized carbons (Fsp3) is 0.111. The predicted molar refractivity (Wildman–Crippen MR) is 92.2 cm³/mol. The van der Waals surface area contributed by atoms with Gasteiger partial charge in [0.1, 0.15) is 0 Å². The number of hydrogen-bond donors (Lipinski definition) is 0. The highest BCUT2D eigenvalue weighted by Crippen LogP contribution is 2.29. The molecular weight excluding hydrogens is 397 g/mol. The van der Waals surface area contributed by atoms with Gasteiger partial charge in [-0.15, -0.1) is 0 Å².